The van der Waals surface area contributed by atoms with E-state index in [0.29, 0.717) is 10.2 Å². The topological polar surface area (TPSA) is 75.4 Å². The molecule has 6 heteroatoms. The predicted octanol–water partition coefficient (Wildman–Crippen LogP) is 2.11. The molecule has 1 aromatic rings. The van der Waals surface area contributed by atoms with Gasteiger partial charge in [-0.1, -0.05) is 15.9 Å². The second-order valence-electron chi connectivity index (χ2n) is 2.74. The molecule has 0 aliphatic heterocycles. The number of hydrogen-bond acceptors (Lipinski definition) is 4. The van der Waals surface area contributed by atoms with E-state index in [0.717, 1.165) is 0 Å². The Kier molecular flexibility index (Phi) is 3.43. The molecule has 0 fully saturated rings. The molecular weight excluding hydrogens is 252 g/mol. The molecule has 1 rings (SSSR count). The number of benzene rings is 1. The number of anilines is 1. The van der Waals surface area contributed by atoms with Gasteiger partial charge in [-0.25, -0.2) is 0 Å². The Labute approximate surface area is 89.0 Å². The molecule has 1 aromatic carbocycles. The molecule has 0 saturated carbocycles. The summed E-state index contributed by atoms with van der Waals surface area (Å²) in [6.45, 7) is 1.49. The number of hydrogen-bond donors (Lipinski definition) is 2. The van der Waals surface area contributed by atoms with Crippen molar-refractivity contribution >= 4 is 27.3 Å². The Bertz CT molecular complexity index is 354. The lowest BCUT2D eigenvalue weighted by Gasteiger charge is -2.09. The van der Waals surface area contributed by atoms with Gasteiger partial charge in [-0.05, 0) is 19.1 Å². The third-order valence-corrected chi connectivity index (χ3v) is 2.01. The van der Waals surface area contributed by atoms with Crippen LogP contribution in [0.1, 0.15) is 6.92 Å². The predicted molar refractivity (Wildman–Crippen MR) is 56.1 cm³/mol. The molecule has 5 nitrogen and oxygen atoms in total. The van der Waals surface area contributed by atoms with Gasteiger partial charge in [-0.3, -0.25) is 10.1 Å². The molecule has 76 valence electrons. The lowest BCUT2D eigenvalue weighted by Crippen LogP contribution is -2.14. The zero-order valence-corrected chi connectivity index (χ0v) is 8.98. The molecule has 0 aliphatic carbocycles. The number of nitrogens with zero attached hydrogens (tertiary/aromatic N) is 1. The lowest BCUT2D eigenvalue weighted by atomic mass is 10.2. The summed E-state index contributed by atoms with van der Waals surface area (Å²) in [4.78, 5) is 10.1. The Morgan fingerprint density at radius 1 is 1.64 bits per heavy atom. The van der Waals surface area contributed by atoms with Gasteiger partial charge < -0.3 is 10.4 Å². The zero-order chi connectivity index (χ0) is 10.7. The van der Waals surface area contributed by atoms with E-state index in [4.69, 9.17) is 5.11 Å². The summed E-state index contributed by atoms with van der Waals surface area (Å²) in [6.07, 6.45) is -0.824. The minimum absolute atomic E-state index is 0.0692. The highest BCUT2D eigenvalue weighted by Gasteiger charge is 2.14. The first-order chi connectivity index (χ1) is 6.50. The van der Waals surface area contributed by atoms with Gasteiger partial charge in [0.2, 0.25) is 0 Å². The number of rotatable bonds is 3. The quantitative estimate of drug-likeness (QED) is 0.496. The molecule has 1 unspecified atom stereocenters. The van der Waals surface area contributed by atoms with E-state index in [-0.39, 0.29) is 5.69 Å². The second-order valence-corrected chi connectivity index (χ2v) is 3.65. The average molecular weight is 261 g/mol. The van der Waals surface area contributed by atoms with E-state index in [9.17, 15) is 10.1 Å². The van der Waals surface area contributed by atoms with Crippen LogP contribution >= 0.6 is 15.9 Å². The van der Waals surface area contributed by atoms with Crippen LogP contribution < -0.4 is 5.32 Å². The normalized spacial score (nSPS) is 12.2. The minimum atomic E-state index is -0.824. The van der Waals surface area contributed by atoms with Crippen LogP contribution in [-0.2, 0) is 0 Å². The van der Waals surface area contributed by atoms with Gasteiger partial charge in [0, 0.05) is 10.5 Å². The highest BCUT2D eigenvalue weighted by molar-refractivity contribution is 9.10. The summed E-state index contributed by atoms with van der Waals surface area (Å²) in [5.74, 6) is 0. The van der Waals surface area contributed by atoms with Crippen LogP contribution in [0.4, 0.5) is 11.4 Å². The van der Waals surface area contributed by atoms with Crippen LogP contribution in [-0.4, -0.2) is 16.3 Å². The number of nitro benzene ring substituents is 1. The van der Waals surface area contributed by atoms with Gasteiger partial charge in [-0.2, -0.15) is 0 Å². The summed E-state index contributed by atoms with van der Waals surface area (Å²) in [5.41, 5.74) is 0.230. The Balaban J connectivity index is 3.08. The Morgan fingerprint density at radius 3 is 2.79 bits per heavy atom. The van der Waals surface area contributed by atoms with Crippen molar-refractivity contribution in [3.05, 3.63) is 32.8 Å². The molecule has 0 saturated heterocycles. The molecule has 0 spiro atoms. The smallest absolute Gasteiger partial charge is 0.293 e. The van der Waals surface area contributed by atoms with Crippen LogP contribution in [0.3, 0.4) is 0 Å². The molecule has 0 aliphatic rings. The number of aliphatic hydroxyl groups is 1. The van der Waals surface area contributed by atoms with Crippen molar-refractivity contribution in [2.45, 2.75) is 13.2 Å². The van der Waals surface area contributed by atoms with Crippen molar-refractivity contribution in [1.29, 1.82) is 0 Å². The first-order valence-electron chi connectivity index (χ1n) is 3.89. The van der Waals surface area contributed by atoms with E-state index >= 15 is 0 Å². The number of nitrogens with one attached hydrogen (secondary N) is 1. The maximum Gasteiger partial charge on any atom is 0.293 e. The lowest BCUT2D eigenvalue weighted by molar-refractivity contribution is -0.384. The molecule has 0 heterocycles. The molecule has 1 atom stereocenters. The highest BCUT2D eigenvalue weighted by Crippen LogP contribution is 2.28. The standard InChI is InChI=1S/C8H9BrN2O3/c1-5(12)10-7-3-2-6(9)4-8(7)11(13)14/h2-5,10,12H,1H3. The number of nitro groups is 1. The molecule has 2 N–H and O–H groups in total. The first kappa shape index (κ1) is 10.9. The van der Waals surface area contributed by atoms with E-state index in [2.05, 4.69) is 21.2 Å². The van der Waals surface area contributed by atoms with Crippen molar-refractivity contribution in [3.8, 4) is 0 Å². The van der Waals surface area contributed by atoms with Crippen LogP contribution in [0.15, 0.2) is 22.7 Å². The van der Waals surface area contributed by atoms with Gasteiger partial charge >= 0.3 is 0 Å². The SMILES string of the molecule is CC(O)Nc1ccc(Br)cc1[N+](=O)[O-]. The van der Waals surface area contributed by atoms with Gasteiger partial charge in [0.1, 0.15) is 11.9 Å². The minimum Gasteiger partial charge on any atom is -0.374 e. The molecule has 0 amide bonds. The third kappa shape index (κ3) is 2.68. The summed E-state index contributed by atoms with van der Waals surface area (Å²) in [5, 5.41) is 22.2. The fourth-order valence-electron chi connectivity index (χ4n) is 1.00. The van der Waals surface area contributed by atoms with E-state index < -0.39 is 11.2 Å². The monoisotopic (exact) mass is 260 g/mol. The Morgan fingerprint density at radius 2 is 2.29 bits per heavy atom. The molecule has 0 bridgehead atoms. The number of halogens is 1. The van der Waals surface area contributed by atoms with Crippen molar-refractivity contribution in [2.75, 3.05) is 5.32 Å². The summed E-state index contributed by atoms with van der Waals surface area (Å²) < 4.78 is 0.625. The largest absolute Gasteiger partial charge is 0.374 e. The van der Waals surface area contributed by atoms with E-state index in [1.54, 1.807) is 6.07 Å². The highest BCUT2D eigenvalue weighted by atomic mass is 79.9. The van der Waals surface area contributed by atoms with E-state index in [1.807, 2.05) is 0 Å². The van der Waals surface area contributed by atoms with Crippen molar-refractivity contribution in [3.63, 3.8) is 0 Å². The van der Waals surface area contributed by atoms with Crippen LogP contribution in [0.25, 0.3) is 0 Å². The average Bonchev–Trinajstić information content (AvgIpc) is 2.07. The molecule has 0 aromatic heterocycles. The first-order valence-corrected chi connectivity index (χ1v) is 4.68. The van der Waals surface area contributed by atoms with Gasteiger partial charge in [0.05, 0.1) is 4.92 Å². The van der Waals surface area contributed by atoms with Crippen molar-refractivity contribution in [2.24, 2.45) is 0 Å². The Hall–Kier alpha value is -1.14. The fraction of sp³-hybridized carbons (Fsp3) is 0.250. The van der Waals surface area contributed by atoms with Crippen LogP contribution in [0, 0.1) is 10.1 Å². The zero-order valence-electron chi connectivity index (χ0n) is 7.40. The van der Waals surface area contributed by atoms with Crippen molar-refractivity contribution in [1.82, 2.24) is 0 Å². The maximum atomic E-state index is 10.6. The van der Waals surface area contributed by atoms with Crippen molar-refractivity contribution < 1.29 is 10.0 Å². The van der Waals surface area contributed by atoms with Crippen LogP contribution in [0.2, 0.25) is 0 Å². The van der Waals surface area contributed by atoms with E-state index in [1.165, 1.54) is 19.1 Å². The summed E-state index contributed by atoms with van der Waals surface area (Å²) in [6, 6.07) is 4.58. The summed E-state index contributed by atoms with van der Waals surface area (Å²) >= 11 is 3.14. The fourth-order valence-corrected chi connectivity index (χ4v) is 1.35. The second kappa shape index (κ2) is 4.39. The van der Waals surface area contributed by atoms with Gasteiger partial charge in [-0.15, -0.1) is 0 Å². The third-order valence-electron chi connectivity index (χ3n) is 1.52. The molecular formula is C8H9BrN2O3. The van der Waals surface area contributed by atoms with Crippen LogP contribution in [0.5, 0.6) is 0 Å². The summed E-state index contributed by atoms with van der Waals surface area (Å²) in [7, 11) is 0. The number of aliphatic hydroxyl groups excluding tert-OH is 1. The maximum absolute atomic E-state index is 10.6. The van der Waals surface area contributed by atoms with Gasteiger partial charge in [0.15, 0.2) is 0 Å². The van der Waals surface area contributed by atoms with Gasteiger partial charge in [0.25, 0.3) is 5.69 Å². The molecule has 14 heavy (non-hydrogen) atoms. The molecule has 0 radical (unpaired) electrons.